The van der Waals surface area contributed by atoms with Crippen LogP contribution in [0.2, 0.25) is 0 Å². The second kappa shape index (κ2) is 4.07. The predicted octanol–water partition coefficient (Wildman–Crippen LogP) is 3.28. The molecule has 0 radical (unpaired) electrons. The van der Waals surface area contributed by atoms with Crippen molar-refractivity contribution in [1.29, 1.82) is 0 Å². The Hall–Kier alpha value is -0.280. The van der Waals surface area contributed by atoms with E-state index < -0.39 is 0 Å². The highest BCUT2D eigenvalue weighted by Gasteiger charge is 2.23. The van der Waals surface area contributed by atoms with Gasteiger partial charge in [-0.15, -0.1) is 0 Å². The first-order chi connectivity index (χ1) is 6.66. The fraction of sp³-hybridized carbons (Fsp3) is 0.636. The van der Waals surface area contributed by atoms with Crippen LogP contribution < -0.4 is 5.32 Å². The van der Waals surface area contributed by atoms with Gasteiger partial charge in [0.2, 0.25) is 0 Å². The minimum Gasteiger partial charge on any atom is -0.454 e. The summed E-state index contributed by atoms with van der Waals surface area (Å²) in [4.78, 5) is 0. The molecule has 0 bridgehead atoms. The zero-order valence-electron chi connectivity index (χ0n) is 8.64. The van der Waals surface area contributed by atoms with Crippen molar-refractivity contribution in [3.63, 3.8) is 0 Å². The van der Waals surface area contributed by atoms with Gasteiger partial charge in [-0.2, -0.15) is 0 Å². The zero-order chi connectivity index (χ0) is 10.1. The van der Waals surface area contributed by atoms with Crippen molar-refractivity contribution in [2.45, 2.75) is 32.7 Å². The highest BCUT2D eigenvalue weighted by Crippen LogP contribution is 2.32. The summed E-state index contributed by atoms with van der Waals surface area (Å²) >= 11 is 3.39. The first-order valence-corrected chi connectivity index (χ1v) is 5.97. The maximum Gasteiger partial charge on any atom is 0.169 e. The minimum atomic E-state index is 0.480. The Kier molecular flexibility index (Phi) is 2.98. The topological polar surface area (TPSA) is 25.2 Å². The summed E-state index contributed by atoms with van der Waals surface area (Å²) < 4.78 is 6.46. The first-order valence-electron chi connectivity index (χ1n) is 5.18. The SMILES string of the molecule is CC(C)CC1NCCc2oc(Br)cc21. The fourth-order valence-corrected chi connectivity index (χ4v) is 2.49. The van der Waals surface area contributed by atoms with Gasteiger partial charge in [0.25, 0.3) is 0 Å². The molecule has 0 saturated carbocycles. The van der Waals surface area contributed by atoms with Crippen molar-refractivity contribution in [3.8, 4) is 0 Å². The molecule has 1 N–H and O–H groups in total. The van der Waals surface area contributed by atoms with Gasteiger partial charge in [-0.25, -0.2) is 0 Å². The van der Waals surface area contributed by atoms with Crippen LogP contribution in [0, 0.1) is 5.92 Å². The van der Waals surface area contributed by atoms with E-state index in [4.69, 9.17) is 4.42 Å². The molecule has 0 amide bonds. The lowest BCUT2D eigenvalue weighted by Gasteiger charge is -2.24. The molecule has 2 nitrogen and oxygen atoms in total. The molecule has 1 aromatic rings. The molecular weight excluding hydrogens is 242 g/mol. The summed E-state index contributed by atoms with van der Waals surface area (Å²) in [6, 6.07) is 2.59. The van der Waals surface area contributed by atoms with Crippen molar-refractivity contribution in [2.75, 3.05) is 6.54 Å². The van der Waals surface area contributed by atoms with Crippen LogP contribution in [0.1, 0.15) is 37.6 Å². The summed E-state index contributed by atoms with van der Waals surface area (Å²) in [5.41, 5.74) is 1.34. The normalized spacial score (nSPS) is 21.3. The van der Waals surface area contributed by atoms with Gasteiger partial charge in [-0.1, -0.05) is 13.8 Å². The van der Waals surface area contributed by atoms with Crippen molar-refractivity contribution in [3.05, 3.63) is 22.1 Å². The average molecular weight is 258 g/mol. The monoisotopic (exact) mass is 257 g/mol. The van der Waals surface area contributed by atoms with E-state index in [1.165, 1.54) is 12.0 Å². The van der Waals surface area contributed by atoms with Gasteiger partial charge in [0.05, 0.1) is 0 Å². The van der Waals surface area contributed by atoms with Crippen LogP contribution in [0.4, 0.5) is 0 Å². The van der Waals surface area contributed by atoms with Crippen LogP contribution >= 0.6 is 15.9 Å². The molecule has 2 heterocycles. The van der Waals surface area contributed by atoms with E-state index in [1.54, 1.807) is 0 Å². The Balaban J connectivity index is 2.21. The van der Waals surface area contributed by atoms with Crippen LogP contribution in [0.5, 0.6) is 0 Å². The summed E-state index contributed by atoms with van der Waals surface area (Å²) in [6.07, 6.45) is 2.19. The van der Waals surface area contributed by atoms with E-state index in [-0.39, 0.29) is 0 Å². The average Bonchev–Trinajstić information content (AvgIpc) is 2.45. The van der Waals surface area contributed by atoms with Crippen LogP contribution in [0.3, 0.4) is 0 Å². The van der Waals surface area contributed by atoms with Gasteiger partial charge in [-0.3, -0.25) is 0 Å². The molecule has 0 fully saturated rings. The Labute approximate surface area is 93.2 Å². The van der Waals surface area contributed by atoms with E-state index in [1.807, 2.05) is 0 Å². The maximum absolute atomic E-state index is 5.59. The first kappa shape index (κ1) is 10.2. The zero-order valence-corrected chi connectivity index (χ0v) is 10.2. The summed E-state index contributed by atoms with van der Waals surface area (Å²) in [5.74, 6) is 1.87. The molecular formula is C11H16BrNO. The van der Waals surface area contributed by atoms with E-state index in [0.29, 0.717) is 12.0 Å². The van der Waals surface area contributed by atoms with Crippen LogP contribution in [0.25, 0.3) is 0 Å². The second-order valence-electron chi connectivity index (χ2n) is 4.32. The molecule has 0 saturated heterocycles. The highest BCUT2D eigenvalue weighted by molar-refractivity contribution is 9.10. The van der Waals surface area contributed by atoms with Crippen LogP contribution in [-0.4, -0.2) is 6.54 Å². The number of fused-ring (bicyclic) bond motifs is 1. The molecule has 2 rings (SSSR count). The number of nitrogens with one attached hydrogen (secondary N) is 1. The Morgan fingerprint density at radius 2 is 2.43 bits per heavy atom. The van der Waals surface area contributed by atoms with E-state index in [0.717, 1.165) is 23.4 Å². The molecule has 1 atom stereocenters. The third-order valence-electron chi connectivity index (χ3n) is 2.64. The quantitative estimate of drug-likeness (QED) is 0.880. The van der Waals surface area contributed by atoms with Crippen LogP contribution in [-0.2, 0) is 6.42 Å². The molecule has 0 aromatic carbocycles. The molecule has 0 aliphatic carbocycles. The van der Waals surface area contributed by atoms with Gasteiger partial charge in [0.15, 0.2) is 4.67 Å². The number of furan rings is 1. The van der Waals surface area contributed by atoms with E-state index >= 15 is 0 Å². The van der Waals surface area contributed by atoms with Gasteiger partial charge < -0.3 is 9.73 Å². The smallest absolute Gasteiger partial charge is 0.169 e. The molecule has 0 spiro atoms. The lowest BCUT2D eigenvalue weighted by atomic mass is 9.94. The van der Waals surface area contributed by atoms with Gasteiger partial charge in [0.1, 0.15) is 5.76 Å². The standard InChI is InChI=1S/C11H16BrNO/c1-7(2)5-9-8-6-11(12)14-10(8)3-4-13-9/h6-7,9,13H,3-5H2,1-2H3. The molecule has 1 aliphatic heterocycles. The molecule has 1 aliphatic rings. The van der Waals surface area contributed by atoms with E-state index in [2.05, 4.69) is 41.2 Å². The molecule has 1 unspecified atom stereocenters. The second-order valence-corrected chi connectivity index (χ2v) is 5.10. The highest BCUT2D eigenvalue weighted by atomic mass is 79.9. The van der Waals surface area contributed by atoms with Crippen LogP contribution in [0.15, 0.2) is 15.2 Å². The Bertz CT molecular complexity index is 319. The molecule has 78 valence electrons. The molecule has 14 heavy (non-hydrogen) atoms. The van der Waals surface area contributed by atoms with Crippen molar-refractivity contribution >= 4 is 15.9 Å². The fourth-order valence-electron chi connectivity index (χ4n) is 2.05. The molecule has 3 heteroatoms. The lowest BCUT2D eigenvalue weighted by Crippen LogP contribution is -2.29. The van der Waals surface area contributed by atoms with Crippen molar-refractivity contribution < 1.29 is 4.42 Å². The number of rotatable bonds is 2. The number of halogens is 1. The van der Waals surface area contributed by atoms with E-state index in [9.17, 15) is 0 Å². The number of hydrogen-bond donors (Lipinski definition) is 1. The largest absolute Gasteiger partial charge is 0.454 e. The maximum atomic E-state index is 5.59. The van der Waals surface area contributed by atoms with Gasteiger partial charge in [0, 0.05) is 24.6 Å². The van der Waals surface area contributed by atoms with Gasteiger partial charge >= 0.3 is 0 Å². The predicted molar refractivity (Wildman–Crippen MR) is 60.3 cm³/mol. The van der Waals surface area contributed by atoms with Crippen molar-refractivity contribution in [2.24, 2.45) is 5.92 Å². The third kappa shape index (κ3) is 2.04. The number of hydrogen-bond acceptors (Lipinski definition) is 2. The van der Waals surface area contributed by atoms with Gasteiger partial charge in [-0.05, 0) is 34.3 Å². The van der Waals surface area contributed by atoms with Crippen molar-refractivity contribution in [1.82, 2.24) is 5.32 Å². The summed E-state index contributed by atoms with van der Waals surface area (Å²) in [7, 11) is 0. The lowest BCUT2D eigenvalue weighted by molar-refractivity contribution is 0.382. The summed E-state index contributed by atoms with van der Waals surface area (Å²) in [6.45, 7) is 5.54. The summed E-state index contributed by atoms with van der Waals surface area (Å²) in [5, 5.41) is 3.54. The minimum absolute atomic E-state index is 0.480. The third-order valence-corrected chi connectivity index (χ3v) is 3.03. The molecule has 1 aromatic heterocycles. The Morgan fingerprint density at radius 1 is 1.64 bits per heavy atom. The Morgan fingerprint density at radius 3 is 3.14 bits per heavy atom.